The molecule has 0 aromatic carbocycles. The van der Waals surface area contributed by atoms with Gasteiger partial charge in [0.05, 0.1) is 6.54 Å². The minimum atomic E-state index is -0.549. The lowest BCUT2D eigenvalue weighted by Gasteiger charge is -2.33. The number of anilines is 1. The molecule has 1 amide bonds. The Labute approximate surface area is 125 Å². The van der Waals surface area contributed by atoms with Gasteiger partial charge in [-0.25, -0.2) is 4.98 Å². The van der Waals surface area contributed by atoms with Crippen LogP contribution in [0.25, 0.3) is 0 Å². The molecule has 1 aliphatic rings. The molecular weight excluding hydrogens is 272 g/mol. The summed E-state index contributed by atoms with van der Waals surface area (Å²) in [7, 11) is 3.09. The lowest BCUT2D eigenvalue weighted by molar-refractivity contribution is -0.126. The number of carbonyl (C=O) groups excluding carboxylic acids is 1. The maximum Gasteiger partial charge on any atom is 0.238 e. The topological polar surface area (TPSA) is 60.9 Å². The number of aromatic nitrogens is 1. The zero-order valence-electron chi connectivity index (χ0n) is 13.2. The molecule has 0 spiro atoms. The van der Waals surface area contributed by atoms with Crippen molar-refractivity contribution < 1.29 is 19.0 Å². The number of amides is 1. The molecule has 0 aliphatic carbocycles. The molecule has 6 nitrogen and oxygen atoms in total. The number of hydrogen-bond acceptors (Lipinski definition) is 5. The van der Waals surface area contributed by atoms with E-state index in [4.69, 9.17) is 14.2 Å². The average Bonchev–Trinajstić information content (AvgIpc) is 2.46. The van der Waals surface area contributed by atoms with Crippen LogP contribution in [0.3, 0.4) is 0 Å². The van der Waals surface area contributed by atoms with Crippen LogP contribution in [0.4, 0.5) is 5.69 Å². The highest BCUT2D eigenvalue weighted by atomic mass is 16.7. The second-order valence-corrected chi connectivity index (χ2v) is 5.92. The number of methoxy groups -OCH3 is 2. The monoisotopic (exact) mass is 294 g/mol. The summed E-state index contributed by atoms with van der Waals surface area (Å²) in [5, 5.41) is 0. The molecule has 0 unspecified atom stereocenters. The molecule has 6 heteroatoms. The predicted molar refractivity (Wildman–Crippen MR) is 78.3 cm³/mol. The van der Waals surface area contributed by atoms with E-state index in [1.807, 2.05) is 26.8 Å². The van der Waals surface area contributed by atoms with Crippen molar-refractivity contribution in [3.05, 3.63) is 17.8 Å². The van der Waals surface area contributed by atoms with Gasteiger partial charge in [-0.15, -0.1) is 0 Å². The lowest BCUT2D eigenvalue weighted by Crippen LogP contribution is -2.44. The van der Waals surface area contributed by atoms with E-state index in [0.29, 0.717) is 30.4 Å². The Bertz CT molecular complexity index is 521. The normalized spacial score (nSPS) is 14.9. The van der Waals surface area contributed by atoms with Gasteiger partial charge in [0.2, 0.25) is 18.1 Å². The van der Waals surface area contributed by atoms with Crippen molar-refractivity contribution in [2.75, 3.05) is 32.3 Å². The zero-order valence-corrected chi connectivity index (χ0v) is 13.2. The molecule has 0 bridgehead atoms. The Balaban J connectivity index is 2.35. The molecule has 0 radical (unpaired) electrons. The van der Waals surface area contributed by atoms with Crippen molar-refractivity contribution in [1.29, 1.82) is 0 Å². The van der Waals surface area contributed by atoms with Crippen LogP contribution >= 0.6 is 0 Å². The van der Waals surface area contributed by atoms with Gasteiger partial charge in [0.25, 0.3) is 0 Å². The van der Waals surface area contributed by atoms with E-state index in [-0.39, 0.29) is 5.91 Å². The smallest absolute Gasteiger partial charge is 0.238 e. The first-order valence-electron chi connectivity index (χ1n) is 6.89. The van der Waals surface area contributed by atoms with Crippen LogP contribution in [-0.4, -0.2) is 38.3 Å². The van der Waals surface area contributed by atoms with E-state index in [0.717, 1.165) is 0 Å². The van der Waals surface area contributed by atoms with E-state index < -0.39 is 11.7 Å². The molecule has 21 heavy (non-hydrogen) atoms. The van der Waals surface area contributed by atoms with Gasteiger partial charge in [-0.05, 0) is 12.1 Å². The highest BCUT2D eigenvalue weighted by Gasteiger charge is 2.32. The predicted octanol–water partition coefficient (Wildman–Crippen LogP) is 2.14. The second kappa shape index (κ2) is 5.99. The summed E-state index contributed by atoms with van der Waals surface area (Å²) in [5.41, 5.74) is 0.856. The van der Waals surface area contributed by atoms with Crippen molar-refractivity contribution in [1.82, 2.24) is 4.98 Å². The first kappa shape index (κ1) is 15.7. The summed E-state index contributed by atoms with van der Waals surface area (Å²) < 4.78 is 15.9. The third kappa shape index (κ3) is 3.16. The van der Waals surface area contributed by atoms with Gasteiger partial charge in [-0.1, -0.05) is 20.8 Å². The minimum absolute atomic E-state index is 0.0524. The molecule has 1 aromatic rings. The number of hydrogen-bond donors (Lipinski definition) is 0. The zero-order chi connectivity index (χ0) is 15.6. The first-order chi connectivity index (χ1) is 9.88. The fourth-order valence-electron chi connectivity index (χ4n) is 2.20. The van der Waals surface area contributed by atoms with E-state index in [2.05, 4.69) is 4.98 Å². The minimum Gasteiger partial charge on any atom is -0.474 e. The van der Waals surface area contributed by atoms with Gasteiger partial charge in [-0.3, -0.25) is 4.79 Å². The van der Waals surface area contributed by atoms with Gasteiger partial charge >= 0.3 is 0 Å². The molecular formula is C15H22N2O4. The summed E-state index contributed by atoms with van der Waals surface area (Å²) in [5.74, 6) is 0.493. The standard InChI is InChI=1S/C15H22N2O4/c1-15(2,3)14(18)17-8-9-21-12-11(17)7-6-10(16-12)13(19-4)20-5/h6-7,13H,8-9H2,1-5H3. The Morgan fingerprint density at radius 1 is 1.33 bits per heavy atom. The molecule has 0 saturated heterocycles. The van der Waals surface area contributed by atoms with Crippen LogP contribution in [0.2, 0.25) is 0 Å². The molecule has 1 aromatic heterocycles. The van der Waals surface area contributed by atoms with Gasteiger partial charge < -0.3 is 19.1 Å². The van der Waals surface area contributed by atoms with E-state index >= 15 is 0 Å². The summed E-state index contributed by atoms with van der Waals surface area (Å²) in [6.07, 6.45) is -0.549. The molecule has 2 rings (SSSR count). The van der Waals surface area contributed by atoms with Crippen LogP contribution in [-0.2, 0) is 14.3 Å². The van der Waals surface area contributed by atoms with Gasteiger partial charge in [0.1, 0.15) is 18.0 Å². The Kier molecular flexibility index (Phi) is 4.49. The fraction of sp³-hybridized carbons (Fsp3) is 0.600. The number of nitrogens with zero attached hydrogens (tertiary/aromatic N) is 2. The van der Waals surface area contributed by atoms with Crippen LogP contribution in [0.5, 0.6) is 5.88 Å². The summed E-state index contributed by atoms with van der Waals surface area (Å²) in [4.78, 5) is 18.6. The highest BCUT2D eigenvalue weighted by Crippen LogP contribution is 2.34. The van der Waals surface area contributed by atoms with E-state index in [1.165, 1.54) is 0 Å². The summed E-state index contributed by atoms with van der Waals surface area (Å²) in [6, 6.07) is 3.61. The third-order valence-corrected chi connectivity index (χ3v) is 3.26. The van der Waals surface area contributed by atoms with Crippen molar-refractivity contribution in [3.63, 3.8) is 0 Å². The second-order valence-electron chi connectivity index (χ2n) is 5.92. The fourth-order valence-corrected chi connectivity index (χ4v) is 2.20. The Hall–Kier alpha value is -1.66. The maximum absolute atomic E-state index is 12.5. The molecule has 0 saturated carbocycles. The Morgan fingerprint density at radius 3 is 2.57 bits per heavy atom. The third-order valence-electron chi connectivity index (χ3n) is 3.26. The number of fused-ring (bicyclic) bond motifs is 1. The van der Waals surface area contributed by atoms with Crippen LogP contribution in [0, 0.1) is 5.41 Å². The molecule has 1 aliphatic heterocycles. The largest absolute Gasteiger partial charge is 0.474 e. The number of carbonyl (C=O) groups is 1. The molecule has 0 N–H and O–H groups in total. The molecule has 0 atom stereocenters. The summed E-state index contributed by atoms with van der Waals surface area (Å²) in [6.45, 7) is 6.66. The quantitative estimate of drug-likeness (QED) is 0.799. The van der Waals surface area contributed by atoms with Crippen molar-refractivity contribution in [3.8, 4) is 5.88 Å². The van der Waals surface area contributed by atoms with Gasteiger partial charge in [-0.2, -0.15) is 0 Å². The van der Waals surface area contributed by atoms with Crippen LogP contribution in [0.1, 0.15) is 32.8 Å². The van der Waals surface area contributed by atoms with Crippen molar-refractivity contribution in [2.45, 2.75) is 27.1 Å². The highest BCUT2D eigenvalue weighted by molar-refractivity contribution is 5.98. The van der Waals surface area contributed by atoms with Gasteiger partial charge in [0.15, 0.2) is 0 Å². The van der Waals surface area contributed by atoms with E-state index in [1.54, 1.807) is 25.2 Å². The number of rotatable bonds is 3. The van der Waals surface area contributed by atoms with Crippen LogP contribution in [0.15, 0.2) is 12.1 Å². The van der Waals surface area contributed by atoms with Gasteiger partial charge in [0, 0.05) is 19.6 Å². The van der Waals surface area contributed by atoms with Crippen molar-refractivity contribution in [2.24, 2.45) is 5.41 Å². The number of ether oxygens (including phenoxy) is 3. The summed E-state index contributed by atoms with van der Waals surface area (Å²) >= 11 is 0. The molecule has 2 heterocycles. The Morgan fingerprint density at radius 2 is 2.00 bits per heavy atom. The lowest BCUT2D eigenvalue weighted by atomic mass is 9.94. The van der Waals surface area contributed by atoms with E-state index in [9.17, 15) is 4.79 Å². The number of pyridine rings is 1. The van der Waals surface area contributed by atoms with Crippen LogP contribution < -0.4 is 9.64 Å². The van der Waals surface area contributed by atoms with Crippen molar-refractivity contribution >= 4 is 11.6 Å². The molecule has 116 valence electrons. The molecule has 0 fully saturated rings. The maximum atomic E-state index is 12.5. The average molecular weight is 294 g/mol. The SMILES string of the molecule is COC(OC)c1ccc2c(n1)OCCN2C(=O)C(C)(C)C. The first-order valence-corrected chi connectivity index (χ1v) is 6.89.